The van der Waals surface area contributed by atoms with Crippen molar-refractivity contribution in [3.05, 3.63) is 64.9 Å². The highest BCUT2D eigenvalue weighted by Crippen LogP contribution is 2.30. The predicted molar refractivity (Wildman–Crippen MR) is 118 cm³/mol. The molecule has 0 spiro atoms. The Morgan fingerprint density at radius 3 is 2.48 bits per heavy atom. The Morgan fingerprint density at radius 2 is 1.84 bits per heavy atom. The summed E-state index contributed by atoms with van der Waals surface area (Å²) in [4.78, 5) is 12.4. The number of methoxy groups -OCH3 is 1. The number of carbonyl (C=O) groups is 1. The van der Waals surface area contributed by atoms with Crippen LogP contribution in [0.3, 0.4) is 0 Å². The van der Waals surface area contributed by atoms with Gasteiger partial charge in [-0.2, -0.15) is 0 Å². The lowest BCUT2D eigenvalue weighted by Crippen LogP contribution is -2.17. The summed E-state index contributed by atoms with van der Waals surface area (Å²) in [7, 11) is -2.67. The maximum atomic E-state index is 12.9. The molecule has 2 aromatic carbocycles. The van der Waals surface area contributed by atoms with Gasteiger partial charge >= 0.3 is 0 Å². The zero-order chi connectivity index (χ0) is 22.8. The van der Waals surface area contributed by atoms with Gasteiger partial charge in [0.2, 0.25) is 0 Å². The fourth-order valence-corrected chi connectivity index (χ4v) is 4.25. The Morgan fingerprint density at radius 1 is 1.13 bits per heavy atom. The standard InChI is InChI=1S/C21H22ClN3O5S/c1-21(2,3)18-12-19(24-30-18)23-20(26)13-9-10-14(22)17(11-13)31(27,28)25-15-7-5-6-8-16(15)29-4/h5-12,25H,1-4H3,(H,23,24,26). The molecule has 8 nitrogen and oxygen atoms in total. The van der Waals surface area contributed by atoms with E-state index in [-0.39, 0.29) is 32.4 Å². The average Bonchev–Trinajstić information content (AvgIpc) is 3.17. The summed E-state index contributed by atoms with van der Waals surface area (Å²) >= 11 is 6.13. The van der Waals surface area contributed by atoms with Crippen LogP contribution in [0.1, 0.15) is 36.9 Å². The number of para-hydroxylation sites is 2. The van der Waals surface area contributed by atoms with E-state index in [9.17, 15) is 13.2 Å². The summed E-state index contributed by atoms with van der Waals surface area (Å²) in [6.45, 7) is 5.85. The van der Waals surface area contributed by atoms with Crippen molar-refractivity contribution in [3.63, 3.8) is 0 Å². The van der Waals surface area contributed by atoms with Gasteiger partial charge in [-0.15, -0.1) is 0 Å². The van der Waals surface area contributed by atoms with E-state index in [2.05, 4.69) is 15.2 Å². The number of amides is 1. The largest absolute Gasteiger partial charge is 0.495 e. The number of ether oxygens (including phenoxy) is 1. The summed E-state index contributed by atoms with van der Waals surface area (Å²) in [6.07, 6.45) is 0. The van der Waals surface area contributed by atoms with Crippen molar-refractivity contribution >= 4 is 39.0 Å². The number of sulfonamides is 1. The molecular weight excluding hydrogens is 442 g/mol. The van der Waals surface area contributed by atoms with Crippen LogP contribution in [0, 0.1) is 0 Å². The number of nitrogens with one attached hydrogen (secondary N) is 2. The molecule has 0 saturated carbocycles. The summed E-state index contributed by atoms with van der Waals surface area (Å²) < 4.78 is 38.7. The quantitative estimate of drug-likeness (QED) is 0.548. The van der Waals surface area contributed by atoms with E-state index in [1.165, 1.54) is 25.3 Å². The summed E-state index contributed by atoms with van der Waals surface area (Å²) in [5.74, 6) is 0.612. The van der Waals surface area contributed by atoms with E-state index in [4.69, 9.17) is 20.9 Å². The number of hydrogen-bond acceptors (Lipinski definition) is 6. The number of halogens is 1. The van der Waals surface area contributed by atoms with Crippen molar-refractivity contribution in [1.82, 2.24) is 5.16 Å². The van der Waals surface area contributed by atoms with Crippen LogP contribution in [0.4, 0.5) is 11.5 Å². The van der Waals surface area contributed by atoms with Gasteiger partial charge in [-0.05, 0) is 30.3 Å². The summed E-state index contributed by atoms with van der Waals surface area (Å²) in [5.41, 5.74) is 0.0557. The second kappa shape index (κ2) is 8.60. The number of benzene rings is 2. The Kier molecular flexibility index (Phi) is 6.28. The zero-order valence-corrected chi connectivity index (χ0v) is 19.0. The van der Waals surface area contributed by atoms with Gasteiger partial charge in [0, 0.05) is 17.0 Å². The smallest absolute Gasteiger partial charge is 0.263 e. The fourth-order valence-electron chi connectivity index (χ4n) is 2.66. The number of rotatable bonds is 6. The van der Waals surface area contributed by atoms with Gasteiger partial charge in [-0.1, -0.05) is 49.7 Å². The Balaban J connectivity index is 1.87. The van der Waals surface area contributed by atoms with Gasteiger partial charge in [0.1, 0.15) is 16.4 Å². The molecule has 0 saturated heterocycles. The van der Waals surface area contributed by atoms with Crippen molar-refractivity contribution in [3.8, 4) is 5.75 Å². The second-order valence-corrected chi connectivity index (χ2v) is 9.79. The molecule has 3 aromatic rings. The van der Waals surface area contributed by atoms with Crippen LogP contribution in [0.25, 0.3) is 0 Å². The van der Waals surface area contributed by atoms with E-state index in [1.807, 2.05) is 20.8 Å². The molecule has 0 bridgehead atoms. The summed E-state index contributed by atoms with van der Waals surface area (Å²) in [5, 5.41) is 6.40. The van der Waals surface area contributed by atoms with Crippen LogP contribution in [-0.2, 0) is 15.4 Å². The maximum absolute atomic E-state index is 12.9. The number of anilines is 2. The molecule has 0 unspecified atom stereocenters. The lowest BCUT2D eigenvalue weighted by atomic mass is 9.93. The number of nitrogens with zero attached hydrogens (tertiary/aromatic N) is 1. The van der Waals surface area contributed by atoms with E-state index < -0.39 is 15.9 Å². The normalized spacial score (nSPS) is 11.8. The van der Waals surface area contributed by atoms with Crippen LogP contribution in [0.2, 0.25) is 5.02 Å². The molecule has 31 heavy (non-hydrogen) atoms. The van der Waals surface area contributed by atoms with Gasteiger partial charge in [0.05, 0.1) is 17.8 Å². The Labute approximate surface area is 185 Å². The molecule has 0 aliphatic carbocycles. The van der Waals surface area contributed by atoms with Crippen molar-refractivity contribution < 1.29 is 22.5 Å². The number of hydrogen-bond donors (Lipinski definition) is 2. The molecule has 10 heteroatoms. The highest BCUT2D eigenvalue weighted by molar-refractivity contribution is 7.92. The molecule has 1 aromatic heterocycles. The zero-order valence-electron chi connectivity index (χ0n) is 17.4. The van der Waals surface area contributed by atoms with E-state index in [1.54, 1.807) is 30.3 Å². The molecule has 1 heterocycles. The van der Waals surface area contributed by atoms with Crippen molar-refractivity contribution in [2.24, 2.45) is 0 Å². The molecule has 0 atom stereocenters. The molecule has 3 rings (SSSR count). The second-order valence-electron chi connectivity index (χ2n) is 7.73. The lowest BCUT2D eigenvalue weighted by molar-refractivity contribution is 0.102. The molecule has 164 valence electrons. The van der Waals surface area contributed by atoms with Gasteiger partial charge in [0.15, 0.2) is 5.82 Å². The first-order valence-electron chi connectivity index (χ1n) is 9.25. The molecule has 2 N–H and O–H groups in total. The van der Waals surface area contributed by atoms with Crippen molar-refractivity contribution in [2.45, 2.75) is 31.1 Å². The third-order valence-corrected chi connectivity index (χ3v) is 6.17. The minimum Gasteiger partial charge on any atom is -0.495 e. The maximum Gasteiger partial charge on any atom is 0.263 e. The fraction of sp³-hybridized carbons (Fsp3) is 0.238. The molecule has 0 fully saturated rings. The van der Waals surface area contributed by atoms with E-state index >= 15 is 0 Å². The molecular formula is C21H22ClN3O5S. The van der Waals surface area contributed by atoms with Crippen LogP contribution >= 0.6 is 11.6 Å². The van der Waals surface area contributed by atoms with Crippen LogP contribution < -0.4 is 14.8 Å². The van der Waals surface area contributed by atoms with Crippen LogP contribution in [0.5, 0.6) is 5.75 Å². The lowest BCUT2D eigenvalue weighted by Gasteiger charge is -2.13. The third kappa shape index (κ3) is 5.18. The molecule has 1 amide bonds. The molecule has 0 aliphatic rings. The number of aromatic nitrogens is 1. The molecule has 0 radical (unpaired) electrons. The Bertz CT molecular complexity index is 1220. The highest BCUT2D eigenvalue weighted by atomic mass is 35.5. The monoisotopic (exact) mass is 463 g/mol. The van der Waals surface area contributed by atoms with Gasteiger partial charge in [-0.3, -0.25) is 9.52 Å². The van der Waals surface area contributed by atoms with E-state index in [0.717, 1.165) is 0 Å². The Hall–Kier alpha value is -3.04. The highest BCUT2D eigenvalue weighted by Gasteiger charge is 2.23. The first kappa shape index (κ1) is 22.6. The van der Waals surface area contributed by atoms with Crippen LogP contribution in [0.15, 0.2) is 57.9 Å². The van der Waals surface area contributed by atoms with Gasteiger partial charge in [0.25, 0.3) is 15.9 Å². The molecule has 0 aliphatic heterocycles. The topological polar surface area (TPSA) is 111 Å². The minimum atomic E-state index is -4.10. The predicted octanol–water partition coefficient (Wildman–Crippen LogP) is 4.69. The average molecular weight is 464 g/mol. The SMILES string of the molecule is COc1ccccc1NS(=O)(=O)c1cc(C(=O)Nc2cc(C(C)(C)C)on2)ccc1Cl. The first-order chi connectivity index (χ1) is 14.5. The van der Waals surface area contributed by atoms with Crippen LogP contribution in [-0.4, -0.2) is 26.6 Å². The van der Waals surface area contributed by atoms with Gasteiger partial charge in [-0.25, -0.2) is 8.42 Å². The third-order valence-electron chi connectivity index (χ3n) is 4.33. The van der Waals surface area contributed by atoms with E-state index in [0.29, 0.717) is 11.5 Å². The first-order valence-corrected chi connectivity index (χ1v) is 11.1. The minimum absolute atomic E-state index is 0.0320. The van der Waals surface area contributed by atoms with Crippen molar-refractivity contribution in [1.29, 1.82) is 0 Å². The summed E-state index contributed by atoms with van der Waals surface area (Å²) in [6, 6.07) is 12.1. The van der Waals surface area contributed by atoms with Crippen molar-refractivity contribution in [2.75, 3.05) is 17.1 Å². The van der Waals surface area contributed by atoms with Gasteiger partial charge < -0.3 is 14.6 Å². The number of carbonyl (C=O) groups excluding carboxylic acids is 1.